The molecular weight excluding hydrogens is 466 g/mol. The van der Waals surface area contributed by atoms with Gasteiger partial charge in [-0.05, 0) is 47.7 Å². The van der Waals surface area contributed by atoms with Gasteiger partial charge in [0.15, 0.2) is 0 Å². The van der Waals surface area contributed by atoms with Gasteiger partial charge in [0.1, 0.15) is 6.54 Å². The zero-order valence-corrected chi connectivity index (χ0v) is 18.6. The lowest BCUT2D eigenvalue weighted by atomic mass is 10.2. The first kappa shape index (κ1) is 20.7. The third-order valence-electron chi connectivity index (χ3n) is 5.07. The number of halogens is 1. The smallest absolute Gasteiger partial charge is 0.294 e. The number of carbonyl (C=O) groups excluding carboxylic acids is 3. The van der Waals surface area contributed by atoms with Crippen molar-refractivity contribution in [3.8, 4) is 0 Å². The molecule has 0 atom stereocenters. The normalized spacial score (nSPS) is 18.4. The number of imide groups is 1. The first-order valence-electron chi connectivity index (χ1n) is 9.60. The van der Waals surface area contributed by atoms with Crippen LogP contribution in [0.4, 0.5) is 10.5 Å². The summed E-state index contributed by atoms with van der Waals surface area (Å²) < 4.78 is 0.889. The third kappa shape index (κ3) is 4.60. The Morgan fingerprint density at radius 3 is 2.43 bits per heavy atom. The van der Waals surface area contributed by atoms with E-state index in [9.17, 15) is 14.4 Å². The molecule has 0 bridgehead atoms. The summed E-state index contributed by atoms with van der Waals surface area (Å²) in [6.07, 6.45) is 1.68. The first-order chi connectivity index (χ1) is 14.5. The minimum absolute atomic E-state index is 0.200. The molecule has 2 aromatic carbocycles. The Bertz CT molecular complexity index is 1000. The number of benzene rings is 2. The predicted octanol–water partition coefficient (Wildman–Crippen LogP) is 3.83. The van der Waals surface area contributed by atoms with Gasteiger partial charge in [-0.2, -0.15) is 0 Å². The van der Waals surface area contributed by atoms with Crippen LogP contribution in [0.15, 0.2) is 64.0 Å². The second kappa shape index (κ2) is 9.06. The molecule has 30 heavy (non-hydrogen) atoms. The summed E-state index contributed by atoms with van der Waals surface area (Å²) in [6.45, 7) is 2.36. The molecule has 2 aliphatic heterocycles. The van der Waals surface area contributed by atoms with Crippen molar-refractivity contribution < 1.29 is 14.4 Å². The molecule has 154 valence electrons. The van der Waals surface area contributed by atoms with E-state index in [1.54, 1.807) is 11.0 Å². The van der Waals surface area contributed by atoms with Gasteiger partial charge in [0.2, 0.25) is 5.91 Å². The van der Waals surface area contributed by atoms with Crippen molar-refractivity contribution >= 4 is 56.5 Å². The lowest BCUT2D eigenvalue weighted by Crippen LogP contribution is -2.51. The van der Waals surface area contributed by atoms with Crippen molar-refractivity contribution in [2.75, 3.05) is 37.6 Å². The standard InChI is InChI=1S/C22H20BrN3O3S/c23-17-6-4-5-16(13-17)14-19-21(28)26(22(29)30-19)15-20(27)25-11-9-24(10-12-25)18-7-2-1-3-8-18/h1-8,13-14H,9-12,15H2/b19-14+. The van der Waals surface area contributed by atoms with Crippen molar-refractivity contribution in [3.63, 3.8) is 0 Å². The van der Waals surface area contributed by atoms with E-state index >= 15 is 0 Å². The first-order valence-corrected chi connectivity index (χ1v) is 11.2. The van der Waals surface area contributed by atoms with E-state index in [0.29, 0.717) is 18.0 Å². The van der Waals surface area contributed by atoms with Gasteiger partial charge < -0.3 is 9.80 Å². The molecular formula is C22H20BrN3O3S. The van der Waals surface area contributed by atoms with Crippen molar-refractivity contribution in [1.82, 2.24) is 9.80 Å². The summed E-state index contributed by atoms with van der Waals surface area (Å²) in [4.78, 5) is 43.1. The number of para-hydroxylation sites is 1. The lowest BCUT2D eigenvalue weighted by molar-refractivity contribution is -0.136. The molecule has 2 heterocycles. The van der Waals surface area contributed by atoms with E-state index in [1.807, 2.05) is 42.5 Å². The largest absolute Gasteiger partial charge is 0.368 e. The molecule has 2 aromatic rings. The van der Waals surface area contributed by atoms with E-state index in [-0.39, 0.29) is 12.5 Å². The maximum Gasteiger partial charge on any atom is 0.294 e. The van der Waals surface area contributed by atoms with Crippen molar-refractivity contribution in [2.45, 2.75) is 0 Å². The summed E-state index contributed by atoms with van der Waals surface area (Å²) in [5.41, 5.74) is 1.95. The van der Waals surface area contributed by atoms with Crippen LogP contribution in [-0.4, -0.2) is 59.6 Å². The van der Waals surface area contributed by atoms with Gasteiger partial charge in [0.25, 0.3) is 11.1 Å². The van der Waals surface area contributed by atoms with Crippen LogP contribution in [0, 0.1) is 0 Å². The average molecular weight is 486 g/mol. The van der Waals surface area contributed by atoms with E-state index in [1.165, 1.54) is 0 Å². The fourth-order valence-corrected chi connectivity index (χ4v) is 4.73. The van der Waals surface area contributed by atoms with E-state index in [4.69, 9.17) is 0 Å². The van der Waals surface area contributed by atoms with Crippen LogP contribution in [-0.2, 0) is 9.59 Å². The number of hydrogen-bond donors (Lipinski definition) is 0. The van der Waals surface area contributed by atoms with Gasteiger partial charge in [-0.1, -0.05) is 46.3 Å². The highest BCUT2D eigenvalue weighted by Gasteiger charge is 2.37. The van der Waals surface area contributed by atoms with Crippen LogP contribution >= 0.6 is 27.7 Å². The molecule has 8 heteroatoms. The summed E-state index contributed by atoms with van der Waals surface area (Å²) in [5, 5.41) is -0.405. The topological polar surface area (TPSA) is 60.9 Å². The van der Waals surface area contributed by atoms with Gasteiger partial charge in [0.05, 0.1) is 4.91 Å². The Morgan fingerprint density at radius 2 is 1.73 bits per heavy atom. The highest BCUT2D eigenvalue weighted by molar-refractivity contribution is 9.10. The van der Waals surface area contributed by atoms with E-state index < -0.39 is 11.1 Å². The maximum atomic E-state index is 12.7. The molecule has 3 amide bonds. The van der Waals surface area contributed by atoms with E-state index in [0.717, 1.165) is 45.5 Å². The summed E-state index contributed by atoms with van der Waals surface area (Å²) in [5.74, 6) is -0.616. The quantitative estimate of drug-likeness (QED) is 0.615. The number of rotatable bonds is 4. The molecule has 0 radical (unpaired) electrons. The number of hydrogen-bond acceptors (Lipinski definition) is 5. The second-order valence-corrected chi connectivity index (χ2v) is 8.94. The fourth-order valence-electron chi connectivity index (χ4n) is 3.47. The monoisotopic (exact) mass is 485 g/mol. The molecule has 6 nitrogen and oxygen atoms in total. The van der Waals surface area contributed by atoms with Gasteiger partial charge in [-0.3, -0.25) is 19.3 Å². The van der Waals surface area contributed by atoms with Gasteiger partial charge >= 0.3 is 0 Å². The zero-order chi connectivity index (χ0) is 21.1. The summed E-state index contributed by atoms with van der Waals surface area (Å²) >= 11 is 4.27. The van der Waals surface area contributed by atoms with Crippen LogP contribution in [0.5, 0.6) is 0 Å². The van der Waals surface area contributed by atoms with Crippen LogP contribution in [0.25, 0.3) is 6.08 Å². The van der Waals surface area contributed by atoms with Crippen molar-refractivity contribution in [2.24, 2.45) is 0 Å². The molecule has 0 N–H and O–H groups in total. The SMILES string of the molecule is O=C(CN1C(=O)S/C(=C/c2cccc(Br)c2)C1=O)N1CCN(c2ccccc2)CC1. The third-order valence-corrected chi connectivity index (χ3v) is 6.47. The second-order valence-electron chi connectivity index (χ2n) is 7.03. The van der Waals surface area contributed by atoms with Crippen molar-refractivity contribution in [1.29, 1.82) is 0 Å². The molecule has 0 aromatic heterocycles. The van der Waals surface area contributed by atoms with Crippen LogP contribution < -0.4 is 4.90 Å². The Labute approximate surface area is 187 Å². The Morgan fingerprint density at radius 1 is 1.00 bits per heavy atom. The molecule has 0 spiro atoms. The van der Waals surface area contributed by atoms with Crippen LogP contribution in [0.2, 0.25) is 0 Å². The highest BCUT2D eigenvalue weighted by Crippen LogP contribution is 2.32. The maximum absolute atomic E-state index is 12.7. The van der Waals surface area contributed by atoms with Gasteiger partial charge in [0, 0.05) is 36.3 Å². The molecule has 0 aliphatic carbocycles. The highest BCUT2D eigenvalue weighted by atomic mass is 79.9. The van der Waals surface area contributed by atoms with Crippen molar-refractivity contribution in [3.05, 3.63) is 69.5 Å². The van der Waals surface area contributed by atoms with Crippen LogP contribution in [0.3, 0.4) is 0 Å². The number of thioether (sulfide) groups is 1. The zero-order valence-electron chi connectivity index (χ0n) is 16.2. The summed E-state index contributed by atoms with van der Waals surface area (Å²) in [7, 11) is 0. The van der Waals surface area contributed by atoms with Gasteiger partial charge in [-0.15, -0.1) is 0 Å². The number of nitrogens with zero attached hydrogens (tertiary/aromatic N) is 3. The molecule has 2 aliphatic rings. The number of amides is 3. The molecule has 0 saturated carbocycles. The molecule has 2 fully saturated rings. The minimum atomic E-state index is -0.416. The average Bonchev–Trinajstić information content (AvgIpc) is 3.02. The molecule has 4 rings (SSSR count). The Hall–Kier alpha value is -2.58. The Balaban J connectivity index is 1.37. The lowest BCUT2D eigenvalue weighted by Gasteiger charge is -2.36. The van der Waals surface area contributed by atoms with Gasteiger partial charge in [-0.25, -0.2) is 0 Å². The Kier molecular flexibility index (Phi) is 6.24. The fraction of sp³-hybridized carbons (Fsp3) is 0.227. The van der Waals surface area contributed by atoms with Crippen LogP contribution in [0.1, 0.15) is 5.56 Å². The predicted molar refractivity (Wildman–Crippen MR) is 122 cm³/mol. The number of anilines is 1. The van der Waals surface area contributed by atoms with E-state index in [2.05, 4.69) is 33.0 Å². The summed E-state index contributed by atoms with van der Waals surface area (Å²) in [6, 6.07) is 17.5. The minimum Gasteiger partial charge on any atom is -0.368 e. The molecule has 2 saturated heterocycles. The molecule has 0 unspecified atom stereocenters. The number of piperazine rings is 1. The number of carbonyl (C=O) groups is 3.